The van der Waals surface area contributed by atoms with Crippen molar-refractivity contribution in [2.75, 3.05) is 44.6 Å². The Morgan fingerprint density at radius 1 is 1.09 bits per heavy atom. The smallest absolute Gasteiger partial charge is 0.255 e. The van der Waals surface area contributed by atoms with Gasteiger partial charge < -0.3 is 20.4 Å². The Bertz CT molecular complexity index is 896. The summed E-state index contributed by atoms with van der Waals surface area (Å²) < 4.78 is 0. The van der Waals surface area contributed by atoms with Gasteiger partial charge in [0, 0.05) is 51.3 Å². The molecule has 32 heavy (non-hydrogen) atoms. The van der Waals surface area contributed by atoms with Crippen LogP contribution >= 0.6 is 0 Å². The van der Waals surface area contributed by atoms with Crippen LogP contribution in [0.5, 0.6) is 0 Å². The molecular formula is C24H35N5O3. The number of rotatable bonds is 4. The van der Waals surface area contributed by atoms with Crippen LogP contribution in [0.15, 0.2) is 18.2 Å². The lowest BCUT2D eigenvalue weighted by atomic mass is 9.94. The van der Waals surface area contributed by atoms with Crippen LogP contribution in [0.2, 0.25) is 0 Å². The first kappa shape index (κ1) is 22.6. The minimum atomic E-state index is -0.670. The topological polar surface area (TPSA) is 85.0 Å². The van der Waals surface area contributed by atoms with Crippen molar-refractivity contribution in [1.29, 1.82) is 0 Å². The second-order valence-electron chi connectivity index (χ2n) is 9.39. The molecule has 8 nitrogen and oxygen atoms in total. The van der Waals surface area contributed by atoms with Gasteiger partial charge in [0.1, 0.15) is 11.7 Å². The van der Waals surface area contributed by atoms with Gasteiger partial charge in [-0.3, -0.25) is 19.3 Å². The van der Waals surface area contributed by atoms with E-state index in [0.29, 0.717) is 38.0 Å². The molecule has 3 aliphatic heterocycles. The number of benzene rings is 1. The molecule has 3 aliphatic rings. The third kappa shape index (κ3) is 4.46. The van der Waals surface area contributed by atoms with Crippen LogP contribution in [0.3, 0.4) is 0 Å². The fourth-order valence-electron chi connectivity index (χ4n) is 5.12. The van der Waals surface area contributed by atoms with E-state index >= 15 is 0 Å². The summed E-state index contributed by atoms with van der Waals surface area (Å²) in [5.74, 6) is -0.126. The average Bonchev–Trinajstić information content (AvgIpc) is 2.92. The standard InChI is InChI=1S/C24H35N5O3/c1-4-10-27-12-14-28(15-13-27)23(32)18(3)29-11-9-24(8-7-21(29)30)25-20-16-17(2)5-6-19(20)22(31)26-24/h5-6,16,18,25H,4,7-15H2,1-3H3,(H,26,31)/t18-,24-/m1/s1. The molecule has 2 fully saturated rings. The molecule has 0 saturated carbocycles. The van der Waals surface area contributed by atoms with E-state index in [1.807, 2.05) is 36.9 Å². The molecule has 4 rings (SSSR count). The predicted octanol–water partition coefficient (Wildman–Crippen LogP) is 1.80. The van der Waals surface area contributed by atoms with E-state index in [4.69, 9.17) is 0 Å². The number of nitrogens with zero attached hydrogens (tertiary/aromatic N) is 3. The summed E-state index contributed by atoms with van der Waals surface area (Å²) in [4.78, 5) is 44.9. The first-order valence-corrected chi connectivity index (χ1v) is 11.8. The van der Waals surface area contributed by atoms with Gasteiger partial charge in [-0.05, 0) is 50.9 Å². The second-order valence-corrected chi connectivity index (χ2v) is 9.39. The molecule has 2 saturated heterocycles. The lowest BCUT2D eigenvalue weighted by Crippen LogP contribution is -2.58. The highest BCUT2D eigenvalue weighted by atomic mass is 16.2. The van der Waals surface area contributed by atoms with E-state index < -0.39 is 11.7 Å². The van der Waals surface area contributed by atoms with Gasteiger partial charge in [0.2, 0.25) is 11.8 Å². The third-order valence-corrected chi connectivity index (χ3v) is 7.06. The number of carbonyl (C=O) groups excluding carboxylic acids is 3. The van der Waals surface area contributed by atoms with Gasteiger partial charge in [-0.1, -0.05) is 13.0 Å². The summed E-state index contributed by atoms with van der Waals surface area (Å²) in [6.45, 7) is 10.7. The van der Waals surface area contributed by atoms with E-state index in [1.165, 1.54) is 0 Å². The van der Waals surface area contributed by atoms with Gasteiger partial charge >= 0.3 is 0 Å². The number of fused-ring (bicyclic) bond motifs is 1. The first-order chi connectivity index (χ1) is 15.3. The molecule has 174 valence electrons. The molecule has 0 aromatic heterocycles. The number of hydrogen-bond acceptors (Lipinski definition) is 5. The second kappa shape index (κ2) is 9.10. The fraction of sp³-hybridized carbons (Fsp3) is 0.625. The Morgan fingerprint density at radius 2 is 1.84 bits per heavy atom. The Morgan fingerprint density at radius 3 is 2.56 bits per heavy atom. The molecule has 1 spiro atoms. The molecule has 2 N–H and O–H groups in total. The minimum absolute atomic E-state index is 0.0204. The number of aryl methyl sites for hydroxylation is 1. The third-order valence-electron chi connectivity index (χ3n) is 7.06. The summed E-state index contributed by atoms with van der Waals surface area (Å²) in [6, 6.07) is 5.23. The minimum Gasteiger partial charge on any atom is -0.362 e. The van der Waals surface area contributed by atoms with Gasteiger partial charge in [-0.25, -0.2) is 0 Å². The summed E-state index contributed by atoms with van der Waals surface area (Å²) in [5, 5.41) is 6.61. The van der Waals surface area contributed by atoms with Crippen LogP contribution in [0.4, 0.5) is 5.69 Å². The van der Waals surface area contributed by atoms with Crippen LogP contribution in [-0.2, 0) is 9.59 Å². The van der Waals surface area contributed by atoms with Crippen molar-refractivity contribution in [3.63, 3.8) is 0 Å². The van der Waals surface area contributed by atoms with E-state index in [2.05, 4.69) is 22.5 Å². The van der Waals surface area contributed by atoms with Crippen molar-refractivity contribution in [2.45, 2.75) is 58.2 Å². The van der Waals surface area contributed by atoms with Crippen molar-refractivity contribution in [3.8, 4) is 0 Å². The van der Waals surface area contributed by atoms with E-state index in [1.54, 1.807) is 4.90 Å². The predicted molar refractivity (Wildman–Crippen MR) is 123 cm³/mol. The summed E-state index contributed by atoms with van der Waals surface area (Å²) in [7, 11) is 0. The molecule has 3 heterocycles. The van der Waals surface area contributed by atoms with Crippen molar-refractivity contribution < 1.29 is 14.4 Å². The van der Waals surface area contributed by atoms with E-state index in [-0.39, 0.29) is 24.1 Å². The fourth-order valence-corrected chi connectivity index (χ4v) is 5.12. The maximum Gasteiger partial charge on any atom is 0.255 e. The Kier molecular flexibility index (Phi) is 6.42. The molecule has 0 aliphatic carbocycles. The number of anilines is 1. The maximum atomic E-state index is 13.2. The normalized spacial score (nSPS) is 25.1. The van der Waals surface area contributed by atoms with Crippen LogP contribution < -0.4 is 10.6 Å². The highest BCUT2D eigenvalue weighted by Gasteiger charge is 2.42. The number of nitrogens with one attached hydrogen (secondary N) is 2. The number of carbonyl (C=O) groups is 3. The zero-order chi connectivity index (χ0) is 22.9. The largest absolute Gasteiger partial charge is 0.362 e. The zero-order valence-electron chi connectivity index (χ0n) is 19.4. The van der Waals surface area contributed by atoms with Crippen LogP contribution in [0, 0.1) is 6.92 Å². The average molecular weight is 442 g/mol. The highest BCUT2D eigenvalue weighted by Crippen LogP contribution is 2.32. The number of piperazine rings is 1. The van der Waals surface area contributed by atoms with Crippen molar-refractivity contribution in [2.24, 2.45) is 0 Å². The quantitative estimate of drug-likeness (QED) is 0.744. The molecule has 1 aromatic rings. The Labute approximate surface area is 190 Å². The van der Waals surface area contributed by atoms with E-state index in [0.717, 1.165) is 37.3 Å². The Hall–Kier alpha value is -2.61. The van der Waals surface area contributed by atoms with Gasteiger partial charge in [0.05, 0.1) is 5.56 Å². The lowest BCUT2D eigenvalue weighted by molar-refractivity contribution is -0.145. The van der Waals surface area contributed by atoms with E-state index in [9.17, 15) is 14.4 Å². The van der Waals surface area contributed by atoms with Gasteiger partial charge in [0.15, 0.2) is 0 Å². The van der Waals surface area contributed by atoms with Crippen LogP contribution in [0.1, 0.15) is 55.5 Å². The van der Waals surface area contributed by atoms with Gasteiger partial charge in [-0.2, -0.15) is 0 Å². The first-order valence-electron chi connectivity index (χ1n) is 11.8. The molecule has 0 bridgehead atoms. The molecule has 2 atom stereocenters. The molecule has 8 heteroatoms. The van der Waals surface area contributed by atoms with Crippen LogP contribution in [-0.4, -0.2) is 83.4 Å². The number of amides is 3. The maximum absolute atomic E-state index is 13.2. The molecule has 0 unspecified atom stereocenters. The summed E-state index contributed by atoms with van der Waals surface area (Å²) in [6.07, 6.45) is 2.46. The highest BCUT2D eigenvalue weighted by molar-refractivity contribution is 6.02. The van der Waals surface area contributed by atoms with Gasteiger partial charge in [-0.15, -0.1) is 0 Å². The SMILES string of the molecule is CCCN1CCN(C(=O)[C@@H](C)N2CC[C@@]3(CCC2=O)NC(=O)c2ccc(C)cc2N3)CC1. The Balaban J connectivity index is 1.43. The number of likely N-dealkylation sites (tertiary alicyclic amines) is 1. The molecular weight excluding hydrogens is 406 g/mol. The molecule has 3 amide bonds. The van der Waals surface area contributed by atoms with Crippen LogP contribution in [0.25, 0.3) is 0 Å². The van der Waals surface area contributed by atoms with Crippen molar-refractivity contribution >= 4 is 23.4 Å². The monoisotopic (exact) mass is 441 g/mol. The summed E-state index contributed by atoms with van der Waals surface area (Å²) >= 11 is 0. The molecule has 1 aromatic carbocycles. The van der Waals surface area contributed by atoms with Crippen molar-refractivity contribution in [1.82, 2.24) is 20.0 Å². The van der Waals surface area contributed by atoms with Gasteiger partial charge in [0.25, 0.3) is 5.91 Å². The summed E-state index contributed by atoms with van der Waals surface area (Å²) in [5.41, 5.74) is 1.84. The lowest BCUT2D eigenvalue weighted by Gasteiger charge is -2.40. The zero-order valence-corrected chi connectivity index (χ0v) is 19.4. The van der Waals surface area contributed by atoms with Crippen molar-refractivity contribution in [3.05, 3.63) is 29.3 Å². The number of hydrogen-bond donors (Lipinski definition) is 2. The molecule has 0 radical (unpaired) electrons.